The molecule has 0 saturated carbocycles. The average molecular weight is 327 g/mol. The van der Waals surface area contributed by atoms with Crippen molar-refractivity contribution in [2.45, 2.75) is 13.0 Å². The number of halogens is 1. The molecule has 5 nitrogen and oxygen atoms in total. The second-order valence-electron chi connectivity index (χ2n) is 5.78. The lowest BCUT2D eigenvalue weighted by Gasteiger charge is -2.18. The maximum atomic E-state index is 13.1. The van der Waals surface area contributed by atoms with Crippen molar-refractivity contribution in [1.29, 1.82) is 0 Å². The van der Waals surface area contributed by atoms with Crippen LogP contribution in [0.2, 0.25) is 0 Å². The standard InChI is InChI=1S/C18H18FN3O2/c1-11(23)12-4-8-15(9-5-12)21-18(24)16-10-20-22-17(16)13-2-6-14(19)7-3-13/h2-9,16-17,20,22H,10H2,1H3,(H,21,24). The number of carbonyl (C=O) groups is 2. The second-order valence-corrected chi connectivity index (χ2v) is 5.78. The van der Waals surface area contributed by atoms with Crippen LogP contribution in [-0.4, -0.2) is 18.2 Å². The second kappa shape index (κ2) is 6.90. The smallest absolute Gasteiger partial charge is 0.230 e. The molecule has 1 amide bonds. The van der Waals surface area contributed by atoms with E-state index in [1.807, 2.05) is 0 Å². The summed E-state index contributed by atoms with van der Waals surface area (Å²) < 4.78 is 13.1. The van der Waals surface area contributed by atoms with Crippen molar-refractivity contribution in [3.63, 3.8) is 0 Å². The van der Waals surface area contributed by atoms with Crippen LogP contribution in [0.1, 0.15) is 28.9 Å². The first kappa shape index (κ1) is 16.3. The zero-order valence-electron chi connectivity index (χ0n) is 13.2. The summed E-state index contributed by atoms with van der Waals surface area (Å²) in [5.41, 5.74) is 8.11. The van der Waals surface area contributed by atoms with Gasteiger partial charge in [0.25, 0.3) is 0 Å². The molecule has 0 bridgehead atoms. The van der Waals surface area contributed by atoms with E-state index in [2.05, 4.69) is 16.2 Å². The SMILES string of the molecule is CC(=O)c1ccc(NC(=O)C2CNNC2c2ccc(F)cc2)cc1. The van der Waals surface area contributed by atoms with Gasteiger partial charge in [-0.2, -0.15) is 0 Å². The molecule has 2 atom stereocenters. The molecular formula is C18H18FN3O2. The minimum absolute atomic E-state index is 0.0200. The van der Waals surface area contributed by atoms with E-state index in [4.69, 9.17) is 0 Å². The summed E-state index contributed by atoms with van der Waals surface area (Å²) in [4.78, 5) is 23.8. The van der Waals surface area contributed by atoms with Gasteiger partial charge in [0.15, 0.2) is 5.78 Å². The first-order chi connectivity index (χ1) is 11.5. The van der Waals surface area contributed by atoms with Gasteiger partial charge in [0.2, 0.25) is 5.91 Å². The molecule has 24 heavy (non-hydrogen) atoms. The molecule has 0 aromatic heterocycles. The highest BCUT2D eigenvalue weighted by atomic mass is 19.1. The van der Waals surface area contributed by atoms with Gasteiger partial charge in [0.1, 0.15) is 5.82 Å². The van der Waals surface area contributed by atoms with Gasteiger partial charge >= 0.3 is 0 Å². The van der Waals surface area contributed by atoms with Crippen LogP contribution in [-0.2, 0) is 4.79 Å². The molecule has 1 aliphatic heterocycles. The van der Waals surface area contributed by atoms with E-state index >= 15 is 0 Å². The number of nitrogens with one attached hydrogen (secondary N) is 3. The Morgan fingerprint density at radius 1 is 1.08 bits per heavy atom. The fourth-order valence-corrected chi connectivity index (χ4v) is 2.75. The molecule has 0 radical (unpaired) electrons. The lowest BCUT2D eigenvalue weighted by molar-refractivity contribution is -0.119. The maximum Gasteiger partial charge on any atom is 0.230 e. The predicted molar refractivity (Wildman–Crippen MR) is 88.8 cm³/mol. The Labute approximate surface area is 139 Å². The Morgan fingerprint density at radius 3 is 2.38 bits per heavy atom. The Morgan fingerprint density at radius 2 is 1.75 bits per heavy atom. The number of amides is 1. The summed E-state index contributed by atoms with van der Waals surface area (Å²) in [5.74, 6) is -0.801. The lowest BCUT2D eigenvalue weighted by Crippen LogP contribution is -2.29. The van der Waals surface area contributed by atoms with Crippen LogP contribution in [0.5, 0.6) is 0 Å². The van der Waals surface area contributed by atoms with Crippen molar-refractivity contribution >= 4 is 17.4 Å². The fraction of sp³-hybridized carbons (Fsp3) is 0.222. The zero-order valence-corrected chi connectivity index (χ0v) is 13.2. The molecule has 2 unspecified atom stereocenters. The van der Waals surface area contributed by atoms with Gasteiger partial charge in [-0.05, 0) is 48.9 Å². The van der Waals surface area contributed by atoms with E-state index in [1.165, 1.54) is 19.1 Å². The van der Waals surface area contributed by atoms with Gasteiger partial charge in [0.05, 0.1) is 12.0 Å². The Balaban J connectivity index is 1.71. The van der Waals surface area contributed by atoms with Gasteiger partial charge in [-0.3, -0.25) is 15.0 Å². The number of Topliss-reactive ketones (excluding diaryl/α,β-unsaturated/α-hetero) is 1. The third-order valence-corrected chi connectivity index (χ3v) is 4.11. The summed E-state index contributed by atoms with van der Waals surface area (Å²) in [6.07, 6.45) is 0. The number of hydrogen-bond acceptors (Lipinski definition) is 4. The molecule has 6 heteroatoms. The Kier molecular flexibility index (Phi) is 4.69. The number of hydrogen-bond donors (Lipinski definition) is 3. The largest absolute Gasteiger partial charge is 0.326 e. The van der Waals surface area contributed by atoms with Gasteiger partial charge in [-0.25, -0.2) is 9.82 Å². The third-order valence-electron chi connectivity index (χ3n) is 4.11. The third kappa shape index (κ3) is 3.50. The molecule has 2 aromatic carbocycles. The summed E-state index contributed by atoms with van der Waals surface area (Å²) in [7, 11) is 0. The highest BCUT2D eigenvalue weighted by molar-refractivity contribution is 5.96. The first-order valence-corrected chi connectivity index (χ1v) is 7.70. The van der Waals surface area contributed by atoms with Gasteiger partial charge in [0, 0.05) is 17.8 Å². The number of carbonyl (C=O) groups excluding carboxylic acids is 2. The molecule has 0 spiro atoms. The van der Waals surface area contributed by atoms with Crippen LogP contribution < -0.4 is 16.2 Å². The van der Waals surface area contributed by atoms with Gasteiger partial charge < -0.3 is 5.32 Å². The maximum absolute atomic E-state index is 13.1. The number of anilines is 1. The van der Waals surface area contributed by atoms with Crippen LogP contribution in [0.15, 0.2) is 48.5 Å². The summed E-state index contributed by atoms with van der Waals surface area (Å²) in [6.45, 7) is 1.97. The summed E-state index contributed by atoms with van der Waals surface area (Å²) in [6, 6.07) is 12.6. The zero-order chi connectivity index (χ0) is 17.1. The normalized spacial score (nSPS) is 19.9. The highest BCUT2D eigenvalue weighted by Gasteiger charge is 2.33. The highest BCUT2D eigenvalue weighted by Crippen LogP contribution is 2.26. The van der Waals surface area contributed by atoms with Gasteiger partial charge in [-0.15, -0.1) is 0 Å². The van der Waals surface area contributed by atoms with E-state index in [-0.39, 0.29) is 29.5 Å². The topological polar surface area (TPSA) is 70.2 Å². The molecule has 3 N–H and O–H groups in total. The molecule has 124 valence electrons. The lowest BCUT2D eigenvalue weighted by atomic mass is 9.94. The molecular weight excluding hydrogens is 309 g/mol. The van der Waals surface area contributed by atoms with Gasteiger partial charge in [-0.1, -0.05) is 12.1 Å². The quantitative estimate of drug-likeness (QED) is 0.755. The molecule has 0 aliphatic carbocycles. The molecule has 2 aromatic rings. The van der Waals surface area contributed by atoms with Crippen molar-refractivity contribution in [2.24, 2.45) is 5.92 Å². The first-order valence-electron chi connectivity index (χ1n) is 7.70. The van der Waals surface area contributed by atoms with Crippen molar-refractivity contribution in [1.82, 2.24) is 10.9 Å². The van der Waals surface area contributed by atoms with Crippen molar-refractivity contribution in [2.75, 3.05) is 11.9 Å². The van der Waals surface area contributed by atoms with Crippen LogP contribution in [0, 0.1) is 11.7 Å². The molecule has 3 rings (SSSR count). The monoisotopic (exact) mass is 327 g/mol. The van der Waals surface area contributed by atoms with Crippen LogP contribution >= 0.6 is 0 Å². The van der Waals surface area contributed by atoms with Crippen LogP contribution in [0.25, 0.3) is 0 Å². The average Bonchev–Trinajstić information content (AvgIpc) is 3.06. The molecule has 1 fully saturated rings. The molecule has 1 heterocycles. The fourth-order valence-electron chi connectivity index (χ4n) is 2.75. The Hall–Kier alpha value is -2.57. The van der Waals surface area contributed by atoms with Crippen molar-refractivity contribution in [3.05, 3.63) is 65.5 Å². The van der Waals surface area contributed by atoms with E-state index in [0.717, 1.165) is 5.56 Å². The summed E-state index contributed by atoms with van der Waals surface area (Å²) >= 11 is 0. The van der Waals surface area contributed by atoms with Crippen LogP contribution in [0.3, 0.4) is 0 Å². The van der Waals surface area contributed by atoms with Crippen LogP contribution in [0.4, 0.5) is 10.1 Å². The van der Waals surface area contributed by atoms with E-state index < -0.39 is 0 Å². The number of ketones is 1. The Bertz CT molecular complexity index is 744. The van der Waals surface area contributed by atoms with E-state index in [9.17, 15) is 14.0 Å². The minimum Gasteiger partial charge on any atom is -0.326 e. The van der Waals surface area contributed by atoms with Crippen molar-refractivity contribution < 1.29 is 14.0 Å². The van der Waals surface area contributed by atoms with E-state index in [0.29, 0.717) is 17.8 Å². The number of rotatable bonds is 4. The molecule has 1 aliphatic rings. The predicted octanol–water partition coefficient (Wildman–Crippen LogP) is 2.43. The van der Waals surface area contributed by atoms with Crippen molar-refractivity contribution in [3.8, 4) is 0 Å². The number of benzene rings is 2. The van der Waals surface area contributed by atoms with E-state index in [1.54, 1.807) is 36.4 Å². The molecule has 1 saturated heterocycles. The number of hydrazine groups is 1. The minimum atomic E-state index is -0.331. The summed E-state index contributed by atoms with van der Waals surface area (Å²) in [5, 5.41) is 2.86.